The van der Waals surface area contributed by atoms with Crippen molar-refractivity contribution in [2.24, 2.45) is 0 Å². The largest absolute Gasteiger partial charge is 0.453 e. The Morgan fingerprint density at radius 3 is 2.58 bits per heavy atom. The van der Waals surface area contributed by atoms with Crippen LogP contribution in [-0.2, 0) is 19.0 Å². The first-order valence-corrected chi connectivity index (χ1v) is 8.60. The molecule has 0 aliphatic heterocycles. The van der Waals surface area contributed by atoms with Gasteiger partial charge in [-0.1, -0.05) is 18.2 Å². The third-order valence-corrected chi connectivity index (χ3v) is 4.75. The maximum absolute atomic E-state index is 13.0. The molecule has 0 amide bonds. The van der Waals surface area contributed by atoms with Gasteiger partial charge in [0.15, 0.2) is 5.65 Å². The van der Waals surface area contributed by atoms with E-state index in [4.69, 9.17) is 0 Å². The molecule has 1 aliphatic rings. The van der Waals surface area contributed by atoms with Crippen LogP contribution in [0.2, 0.25) is 0 Å². The number of aryl methyl sites for hydroxylation is 2. The quantitative estimate of drug-likeness (QED) is 0.760. The van der Waals surface area contributed by atoms with Crippen LogP contribution in [0.25, 0.3) is 5.65 Å². The van der Waals surface area contributed by atoms with E-state index in [-0.39, 0.29) is 11.7 Å². The van der Waals surface area contributed by atoms with Gasteiger partial charge in [0.1, 0.15) is 5.82 Å². The summed E-state index contributed by atoms with van der Waals surface area (Å²) in [6, 6.07) is 9.40. The van der Waals surface area contributed by atoms with E-state index < -0.39 is 12.0 Å². The predicted molar refractivity (Wildman–Crippen MR) is 90.9 cm³/mol. The molecule has 2 heterocycles. The SMILES string of the molecule is CC(Nc1ccc2nnc(C(F)(F)F)n2n1)c1ccc2c(c1)CCCC2. The maximum Gasteiger partial charge on any atom is 0.453 e. The smallest absolute Gasteiger partial charge is 0.362 e. The fourth-order valence-corrected chi connectivity index (χ4v) is 3.37. The maximum atomic E-state index is 13.0. The molecular formula is C18H18F3N5. The van der Waals surface area contributed by atoms with Crippen LogP contribution in [0.15, 0.2) is 30.3 Å². The van der Waals surface area contributed by atoms with Crippen LogP contribution >= 0.6 is 0 Å². The molecule has 0 bridgehead atoms. The summed E-state index contributed by atoms with van der Waals surface area (Å²) in [6.07, 6.45) is 0.0172. The molecule has 1 N–H and O–H groups in total. The number of nitrogens with zero attached hydrogens (tertiary/aromatic N) is 4. The molecule has 1 aromatic carbocycles. The fourth-order valence-electron chi connectivity index (χ4n) is 3.37. The van der Waals surface area contributed by atoms with E-state index in [1.54, 1.807) is 6.07 Å². The molecule has 4 rings (SSSR count). The van der Waals surface area contributed by atoms with E-state index in [9.17, 15) is 13.2 Å². The van der Waals surface area contributed by atoms with Crippen molar-refractivity contribution < 1.29 is 13.2 Å². The molecule has 2 aromatic heterocycles. The van der Waals surface area contributed by atoms with Gasteiger partial charge in [-0.25, -0.2) is 0 Å². The molecule has 0 radical (unpaired) electrons. The summed E-state index contributed by atoms with van der Waals surface area (Å²) >= 11 is 0. The second kappa shape index (κ2) is 6.26. The molecule has 1 unspecified atom stereocenters. The normalized spacial score (nSPS) is 15.7. The van der Waals surface area contributed by atoms with Gasteiger partial charge in [-0.3, -0.25) is 0 Å². The average Bonchev–Trinajstić information content (AvgIpc) is 3.05. The van der Waals surface area contributed by atoms with Crippen molar-refractivity contribution in [3.8, 4) is 0 Å². The minimum atomic E-state index is -4.60. The minimum absolute atomic E-state index is 0.0595. The van der Waals surface area contributed by atoms with Crippen LogP contribution in [0.5, 0.6) is 0 Å². The molecule has 0 fully saturated rings. The molecule has 26 heavy (non-hydrogen) atoms. The molecule has 0 saturated heterocycles. The van der Waals surface area contributed by atoms with Crippen LogP contribution in [0.3, 0.4) is 0 Å². The lowest BCUT2D eigenvalue weighted by Crippen LogP contribution is -2.15. The van der Waals surface area contributed by atoms with Crippen molar-refractivity contribution in [2.45, 2.75) is 44.8 Å². The zero-order valence-corrected chi connectivity index (χ0v) is 14.2. The summed E-state index contributed by atoms with van der Waals surface area (Å²) in [6.45, 7) is 1.97. The number of rotatable bonds is 3. The highest BCUT2D eigenvalue weighted by atomic mass is 19.4. The van der Waals surface area contributed by atoms with Gasteiger partial charge in [-0.05, 0) is 61.4 Å². The van der Waals surface area contributed by atoms with Crippen molar-refractivity contribution >= 4 is 11.5 Å². The summed E-state index contributed by atoms with van der Waals surface area (Å²) in [5.74, 6) is -0.786. The molecule has 1 atom stereocenters. The Morgan fingerprint density at radius 2 is 1.81 bits per heavy atom. The standard InChI is InChI=1S/C18H18F3N5/c1-11(13-7-6-12-4-2-3-5-14(12)10-13)22-15-8-9-16-23-24-17(18(19,20)21)26(16)25-15/h6-11H,2-5H2,1H3,(H,22,25). The van der Waals surface area contributed by atoms with Gasteiger partial charge < -0.3 is 5.32 Å². The summed E-state index contributed by atoms with van der Waals surface area (Å²) < 4.78 is 39.7. The van der Waals surface area contributed by atoms with Gasteiger partial charge in [0, 0.05) is 0 Å². The Labute approximate surface area is 148 Å². The highest BCUT2D eigenvalue weighted by Crippen LogP contribution is 2.29. The number of fused-ring (bicyclic) bond motifs is 2. The van der Waals surface area contributed by atoms with Crippen molar-refractivity contribution in [2.75, 3.05) is 5.32 Å². The van der Waals surface area contributed by atoms with E-state index in [1.165, 1.54) is 30.0 Å². The van der Waals surface area contributed by atoms with Gasteiger partial charge >= 0.3 is 6.18 Å². The van der Waals surface area contributed by atoms with Crippen LogP contribution in [0.4, 0.5) is 19.0 Å². The first-order chi connectivity index (χ1) is 12.4. The number of hydrogen-bond acceptors (Lipinski definition) is 4. The molecule has 0 saturated carbocycles. The first kappa shape index (κ1) is 16.8. The number of nitrogens with one attached hydrogen (secondary N) is 1. The fraction of sp³-hybridized carbons (Fsp3) is 0.389. The molecular weight excluding hydrogens is 343 g/mol. The van der Waals surface area contributed by atoms with Crippen LogP contribution in [0, 0.1) is 0 Å². The third kappa shape index (κ3) is 3.11. The third-order valence-electron chi connectivity index (χ3n) is 4.75. The first-order valence-electron chi connectivity index (χ1n) is 8.60. The van der Waals surface area contributed by atoms with E-state index in [0.717, 1.165) is 22.9 Å². The number of aromatic nitrogens is 4. The lowest BCUT2D eigenvalue weighted by atomic mass is 9.89. The number of benzene rings is 1. The predicted octanol–water partition coefficient (Wildman–Crippen LogP) is 4.20. The van der Waals surface area contributed by atoms with E-state index in [0.29, 0.717) is 5.82 Å². The van der Waals surface area contributed by atoms with Crippen LogP contribution in [-0.4, -0.2) is 19.8 Å². The summed E-state index contributed by atoms with van der Waals surface area (Å²) in [5.41, 5.74) is 3.91. The highest BCUT2D eigenvalue weighted by molar-refractivity contribution is 5.46. The number of halogens is 3. The number of alkyl halides is 3. The Bertz CT molecular complexity index is 948. The zero-order valence-electron chi connectivity index (χ0n) is 14.2. The molecule has 8 heteroatoms. The average molecular weight is 361 g/mol. The Morgan fingerprint density at radius 1 is 1.04 bits per heavy atom. The molecule has 0 spiro atoms. The van der Waals surface area contributed by atoms with Gasteiger partial charge in [0.05, 0.1) is 6.04 Å². The highest BCUT2D eigenvalue weighted by Gasteiger charge is 2.37. The molecule has 5 nitrogen and oxygen atoms in total. The monoisotopic (exact) mass is 361 g/mol. The lowest BCUT2D eigenvalue weighted by molar-refractivity contribution is -0.146. The Hall–Kier alpha value is -2.64. The Kier molecular flexibility index (Phi) is 4.05. The summed E-state index contributed by atoms with van der Waals surface area (Å²) in [4.78, 5) is 0. The zero-order chi connectivity index (χ0) is 18.3. The molecule has 3 aromatic rings. The molecule has 1 aliphatic carbocycles. The Balaban J connectivity index is 1.60. The van der Waals surface area contributed by atoms with Gasteiger partial charge in [-0.15, -0.1) is 15.3 Å². The number of hydrogen-bond donors (Lipinski definition) is 1. The van der Waals surface area contributed by atoms with Crippen molar-refractivity contribution in [1.82, 2.24) is 19.8 Å². The van der Waals surface area contributed by atoms with Crippen molar-refractivity contribution in [3.05, 3.63) is 52.8 Å². The van der Waals surface area contributed by atoms with Gasteiger partial charge in [0.25, 0.3) is 5.82 Å². The second-order valence-electron chi connectivity index (χ2n) is 6.61. The molecule has 136 valence electrons. The van der Waals surface area contributed by atoms with Crippen molar-refractivity contribution in [3.63, 3.8) is 0 Å². The van der Waals surface area contributed by atoms with E-state index >= 15 is 0 Å². The topological polar surface area (TPSA) is 55.1 Å². The number of anilines is 1. The van der Waals surface area contributed by atoms with E-state index in [2.05, 4.69) is 38.8 Å². The van der Waals surface area contributed by atoms with Crippen molar-refractivity contribution in [1.29, 1.82) is 0 Å². The summed E-state index contributed by atoms with van der Waals surface area (Å²) in [5, 5.41) is 13.9. The van der Waals surface area contributed by atoms with Gasteiger partial charge in [-0.2, -0.15) is 17.7 Å². The lowest BCUT2D eigenvalue weighted by Gasteiger charge is -2.20. The van der Waals surface area contributed by atoms with Crippen LogP contribution < -0.4 is 5.32 Å². The van der Waals surface area contributed by atoms with E-state index in [1.807, 2.05) is 6.92 Å². The second-order valence-corrected chi connectivity index (χ2v) is 6.61. The van der Waals surface area contributed by atoms with Gasteiger partial charge in [0.2, 0.25) is 0 Å². The summed E-state index contributed by atoms with van der Waals surface area (Å²) in [7, 11) is 0. The van der Waals surface area contributed by atoms with Crippen LogP contribution in [0.1, 0.15) is 48.3 Å². The minimum Gasteiger partial charge on any atom is -0.362 e.